The Hall–Kier alpha value is -2.53. The van der Waals surface area contributed by atoms with Crippen molar-refractivity contribution in [1.82, 2.24) is 5.32 Å². The Morgan fingerprint density at radius 2 is 1.77 bits per heavy atom. The van der Waals surface area contributed by atoms with E-state index in [1.54, 1.807) is 19.1 Å². The van der Waals surface area contributed by atoms with Crippen molar-refractivity contribution in [2.45, 2.75) is 25.7 Å². The summed E-state index contributed by atoms with van der Waals surface area (Å²) in [5.41, 5.74) is 1.57. The quantitative estimate of drug-likeness (QED) is 0.793. The number of ether oxygens (including phenoxy) is 1. The van der Waals surface area contributed by atoms with Gasteiger partial charge in [-0.15, -0.1) is 0 Å². The molecule has 0 aromatic heterocycles. The van der Waals surface area contributed by atoms with Crippen LogP contribution in [0.5, 0.6) is 5.75 Å². The molecule has 0 fully saturated rings. The van der Waals surface area contributed by atoms with E-state index < -0.39 is 18.2 Å². The first-order chi connectivity index (χ1) is 10.6. The maximum atomic E-state index is 11.9. The molecular formula is C17H19NO4. The minimum atomic E-state index is -0.797. The summed E-state index contributed by atoms with van der Waals surface area (Å²) >= 11 is 0. The number of rotatable bonds is 5. The van der Waals surface area contributed by atoms with Crippen LogP contribution in [0.3, 0.4) is 0 Å². The molecule has 0 aliphatic carbocycles. The van der Waals surface area contributed by atoms with Crippen LogP contribution in [-0.4, -0.2) is 22.4 Å². The molecule has 0 spiro atoms. The van der Waals surface area contributed by atoms with Gasteiger partial charge < -0.3 is 20.3 Å². The van der Waals surface area contributed by atoms with E-state index in [4.69, 9.17) is 4.74 Å². The number of phenols is 1. The normalized spacial score (nSPS) is 13.2. The third-order valence-electron chi connectivity index (χ3n) is 3.22. The van der Waals surface area contributed by atoms with E-state index in [1.807, 2.05) is 30.3 Å². The summed E-state index contributed by atoms with van der Waals surface area (Å²) in [5.74, 6) is 0.125. The minimum Gasteiger partial charge on any atom is -0.508 e. The molecule has 0 bridgehead atoms. The Morgan fingerprint density at radius 3 is 2.36 bits per heavy atom. The molecule has 2 aromatic carbocycles. The summed E-state index contributed by atoms with van der Waals surface area (Å²) in [7, 11) is 0. The summed E-state index contributed by atoms with van der Waals surface area (Å²) in [5, 5.41) is 21.8. The fraction of sp³-hybridized carbons (Fsp3) is 0.235. The van der Waals surface area contributed by atoms with Gasteiger partial charge in [0.1, 0.15) is 12.4 Å². The Balaban J connectivity index is 1.96. The van der Waals surface area contributed by atoms with Crippen molar-refractivity contribution in [3.63, 3.8) is 0 Å². The number of hydrogen-bond donors (Lipinski definition) is 3. The third kappa shape index (κ3) is 4.49. The third-order valence-corrected chi connectivity index (χ3v) is 3.22. The van der Waals surface area contributed by atoms with E-state index in [1.165, 1.54) is 12.1 Å². The van der Waals surface area contributed by atoms with Gasteiger partial charge in [-0.2, -0.15) is 0 Å². The number of phenolic OH excluding ortho intramolecular Hbond substituents is 1. The van der Waals surface area contributed by atoms with Crippen LogP contribution < -0.4 is 5.32 Å². The molecule has 116 valence electrons. The van der Waals surface area contributed by atoms with E-state index in [0.29, 0.717) is 5.56 Å². The zero-order chi connectivity index (χ0) is 15.9. The monoisotopic (exact) mass is 301 g/mol. The maximum Gasteiger partial charge on any atom is 0.408 e. The van der Waals surface area contributed by atoms with Crippen LogP contribution in [-0.2, 0) is 11.3 Å². The fourth-order valence-electron chi connectivity index (χ4n) is 2.06. The van der Waals surface area contributed by atoms with Gasteiger partial charge in [-0.05, 0) is 30.2 Å². The number of aromatic hydroxyl groups is 1. The summed E-state index contributed by atoms with van der Waals surface area (Å²) in [6, 6.07) is 15.0. The molecule has 1 unspecified atom stereocenters. The molecule has 22 heavy (non-hydrogen) atoms. The van der Waals surface area contributed by atoms with Gasteiger partial charge in [-0.3, -0.25) is 0 Å². The first kappa shape index (κ1) is 15.9. The van der Waals surface area contributed by atoms with Crippen LogP contribution in [0.1, 0.15) is 24.1 Å². The zero-order valence-electron chi connectivity index (χ0n) is 12.3. The highest BCUT2D eigenvalue weighted by molar-refractivity contribution is 5.68. The zero-order valence-corrected chi connectivity index (χ0v) is 12.3. The number of amides is 1. The Bertz CT molecular complexity index is 596. The van der Waals surface area contributed by atoms with Crippen LogP contribution in [0.25, 0.3) is 0 Å². The van der Waals surface area contributed by atoms with Gasteiger partial charge in [0.25, 0.3) is 0 Å². The SMILES string of the molecule is C[C@@H](O)C(NC(=O)OCc1ccccc1)c1ccc(O)cc1. The van der Waals surface area contributed by atoms with Crippen LogP contribution >= 0.6 is 0 Å². The molecule has 3 N–H and O–H groups in total. The van der Waals surface area contributed by atoms with Gasteiger partial charge in [0.05, 0.1) is 12.1 Å². The molecule has 0 saturated carbocycles. The molecule has 0 aliphatic rings. The number of benzene rings is 2. The number of aliphatic hydroxyl groups is 1. The first-order valence-corrected chi connectivity index (χ1v) is 7.00. The van der Waals surface area contributed by atoms with Crippen LogP contribution in [0.15, 0.2) is 54.6 Å². The predicted molar refractivity (Wildman–Crippen MR) is 82.3 cm³/mol. The second-order valence-electron chi connectivity index (χ2n) is 5.02. The van der Waals surface area contributed by atoms with Crippen molar-refractivity contribution >= 4 is 6.09 Å². The van der Waals surface area contributed by atoms with Crippen LogP contribution in [0.4, 0.5) is 4.79 Å². The molecule has 2 aromatic rings. The highest BCUT2D eigenvalue weighted by Gasteiger charge is 2.20. The molecule has 5 nitrogen and oxygen atoms in total. The van der Waals surface area contributed by atoms with Crippen molar-refractivity contribution in [2.24, 2.45) is 0 Å². The Morgan fingerprint density at radius 1 is 1.14 bits per heavy atom. The van der Waals surface area contributed by atoms with E-state index in [9.17, 15) is 15.0 Å². The summed E-state index contributed by atoms with van der Waals surface area (Å²) in [4.78, 5) is 11.9. The highest BCUT2D eigenvalue weighted by Crippen LogP contribution is 2.20. The van der Waals surface area contributed by atoms with E-state index in [0.717, 1.165) is 5.56 Å². The van der Waals surface area contributed by atoms with Gasteiger partial charge in [0.15, 0.2) is 0 Å². The molecule has 2 rings (SSSR count). The number of alkyl carbamates (subject to hydrolysis) is 1. The molecule has 0 saturated heterocycles. The summed E-state index contributed by atoms with van der Waals surface area (Å²) < 4.78 is 5.14. The van der Waals surface area contributed by atoms with E-state index in [-0.39, 0.29) is 12.4 Å². The lowest BCUT2D eigenvalue weighted by molar-refractivity contribution is 0.109. The summed E-state index contributed by atoms with van der Waals surface area (Å²) in [6.07, 6.45) is -1.41. The Labute approximate surface area is 129 Å². The van der Waals surface area contributed by atoms with Crippen molar-refractivity contribution in [3.05, 3.63) is 65.7 Å². The standard InChI is InChI=1S/C17H19NO4/c1-12(19)16(14-7-9-15(20)10-8-14)18-17(21)22-11-13-5-3-2-4-6-13/h2-10,12,16,19-20H,11H2,1H3,(H,18,21)/t12-,16?/m1/s1. The van der Waals surface area contributed by atoms with Gasteiger partial charge in [0.2, 0.25) is 0 Å². The van der Waals surface area contributed by atoms with E-state index in [2.05, 4.69) is 5.32 Å². The van der Waals surface area contributed by atoms with Crippen molar-refractivity contribution < 1.29 is 19.7 Å². The molecule has 5 heteroatoms. The number of aliphatic hydroxyl groups excluding tert-OH is 1. The molecule has 0 radical (unpaired) electrons. The first-order valence-electron chi connectivity index (χ1n) is 7.00. The maximum absolute atomic E-state index is 11.9. The molecule has 0 aliphatic heterocycles. The molecule has 2 atom stereocenters. The van der Waals surface area contributed by atoms with Gasteiger partial charge in [-0.1, -0.05) is 42.5 Å². The van der Waals surface area contributed by atoms with Crippen molar-refractivity contribution in [1.29, 1.82) is 0 Å². The highest BCUT2D eigenvalue weighted by atomic mass is 16.5. The number of hydrogen-bond acceptors (Lipinski definition) is 4. The van der Waals surface area contributed by atoms with Crippen molar-refractivity contribution in [2.75, 3.05) is 0 Å². The smallest absolute Gasteiger partial charge is 0.408 e. The largest absolute Gasteiger partial charge is 0.508 e. The number of carbonyl (C=O) groups is 1. The molecule has 0 heterocycles. The fourth-order valence-corrected chi connectivity index (χ4v) is 2.06. The van der Waals surface area contributed by atoms with Crippen LogP contribution in [0.2, 0.25) is 0 Å². The average Bonchev–Trinajstić information content (AvgIpc) is 2.52. The van der Waals surface area contributed by atoms with Gasteiger partial charge in [-0.25, -0.2) is 4.79 Å². The average molecular weight is 301 g/mol. The number of carbonyl (C=O) groups excluding carboxylic acids is 1. The second kappa shape index (κ2) is 7.47. The molecular weight excluding hydrogens is 282 g/mol. The Kier molecular flexibility index (Phi) is 5.38. The minimum absolute atomic E-state index is 0.125. The van der Waals surface area contributed by atoms with Gasteiger partial charge in [0, 0.05) is 0 Å². The lowest BCUT2D eigenvalue weighted by atomic mass is 10.0. The van der Waals surface area contributed by atoms with E-state index >= 15 is 0 Å². The summed E-state index contributed by atoms with van der Waals surface area (Å²) in [6.45, 7) is 1.74. The lowest BCUT2D eigenvalue weighted by Crippen LogP contribution is -2.35. The number of nitrogens with one attached hydrogen (secondary N) is 1. The molecule has 1 amide bonds. The lowest BCUT2D eigenvalue weighted by Gasteiger charge is -2.21. The van der Waals surface area contributed by atoms with Crippen LogP contribution in [0, 0.1) is 0 Å². The van der Waals surface area contributed by atoms with Gasteiger partial charge >= 0.3 is 6.09 Å². The topological polar surface area (TPSA) is 78.8 Å². The van der Waals surface area contributed by atoms with Crippen molar-refractivity contribution in [3.8, 4) is 5.75 Å². The second-order valence-corrected chi connectivity index (χ2v) is 5.02. The predicted octanol–water partition coefficient (Wildman–Crippen LogP) is 2.74.